The smallest absolute Gasteiger partial charge is 0.227 e. The van der Waals surface area contributed by atoms with E-state index in [9.17, 15) is 8.94 Å². The predicted octanol–water partition coefficient (Wildman–Crippen LogP) is 4.66. The van der Waals surface area contributed by atoms with Crippen molar-refractivity contribution < 1.29 is 13.7 Å². The number of alkyl halides is 1. The van der Waals surface area contributed by atoms with Crippen LogP contribution in [0.15, 0.2) is 36.7 Å². The van der Waals surface area contributed by atoms with Gasteiger partial charge in [0.1, 0.15) is 29.3 Å². The van der Waals surface area contributed by atoms with Crippen LogP contribution >= 0.6 is 0 Å². The molecule has 1 unspecified atom stereocenters. The van der Waals surface area contributed by atoms with Gasteiger partial charge in [-0.2, -0.15) is 4.98 Å². The van der Waals surface area contributed by atoms with Crippen molar-refractivity contribution in [2.75, 3.05) is 59.9 Å². The van der Waals surface area contributed by atoms with Crippen LogP contribution in [0.1, 0.15) is 38.7 Å². The number of hydrogen-bond donors (Lipinski definition) is 1. The first-order chi connectivity index (χ1) is 18.4. The molecule has 4 heterocycles. The minimum atomic E-state index is -1.07. The van der Waals surface area contributed by atoms with Crippen molar-refractivity contribution in [3.05, 3.63) is 42.2 Å². The first kappa shape index (κ1) is 26.9. The molecule has 38 heavy (non-hydrogen) atoms. The van der Waals surface area contributed by atoms with Gasteiger partial charge in [0.2, 0.25) is 5.95 Å². The summed E-state index contributed by atoms with van der Waals surface area (Å²) in [6, 6.07) is 8.29. The van der Waals surface area contributed by atoms with Crippen molar-refractivity contribution >= 4 is 45.2 Å². The van der Waals surface area contributed by atoms with Gasteiger partial charge in [0.25, 0.3) is 0 Å². The van der Waals surface area contributed by atoms with Crippen molar-refractivity contribution in [1.82, 2.24) is 15.0 Å². The molecule has 2 aliphatic heterocycles. The van der Waals surface area contributed by atoms with Gasteiger partial charge in [-0.15, -0.1) is 0 Å². The third-order valence-electron chi connectivity index (χ3n) is 7.54. The zero-order valence-corrected chi connectivity index (χ0v) is 23.4. The van der Waals surface area contributed by atoms with Gasteiger partial charge in [-0.3, -0.25) is 0 Å². The number of fused-ring (bicyclic) bond motifs is 1. The highest BCUT2D eigenvalue weighted by molar-refractivity contribution is 7.91. The summed E-state index contributed by atoms with van der Waals surface area (Å²) in [6.45, 7) is 9.08. The fourth-order valence-electron chi connectivity index (χ4n) is 5.38. The van der Waals surface area contributed by atoms with E-state index in [0.717, 1.165) is 35.4 Å². The lowest BCUT2D eigenvalue weighted by atomic mass is 9.93. The van der Waals surface area contributed by atoms with Crippen molar-refractivity contribution in [3.8, 4) is 0 Å². The normalized spacial score (nSPS) is 21.1. The van der Waals surface area contributed by atoms with Crippen LogP contribution in [0.2, 0.25) is 0 Å². The topological polar surface area (TPSA) is 89.5 Å². The number of anilines is 4. The zero-order valence-electron chi connectivity index (χ0n) is 22.6. The summed E-state index contributed by atoms with van der Waals surface area (Å²) in [6.07, 6.45) is 2.76. The number of benzene rings is 1. The maximum absolute atomic E-state index is 14.4. The first-order valence-electron chi connectivity index (χ1n) is 13.4. The number of pyridine rings is 1. The van der Waals surface area contributed by atoms with Crippen molar-refractivity contribution in [2.45, 2.75) is 45.4 Å². The molecule has 0 radical (unpaired) electrons. The molecule has 3 atom stereocenters. The molecular formula is C28H37FN6O2S. The highest BCUT2D eigenvalue weighted by atomic mass is 32.2. The summed E-state index contributed by atoms with van der Waals surface area (Å²) in [5.41, 5.74) is 2.43. The van der Waals surface area contributed by atoms with Crippen LogP contribution in [0.25, 0.3) is 10.8 Å². The second-order valence-corrected chi connectivity index (χ2v) is 12.3. The molecule has 3 aromatic rings. The molecule has 2 saturated heterocycles. The van der Waals surface area contributed by atoms with E-state index in [4.69, 9.17) is 9.72 Å². The summed E-state index contributed by atoms with van der Waals surface area (Å²) < 4.78 is 31.6. The number of nitrogens with one attached hydrogen (secondary N) is 1. The van der Waals surface area contributed by atoms with Crippen LogP contribution in [-0.4, -0.2) is 76.6 Å². The number of nitrogens with zero attached hydrogens (tertiary/aromatic N) is 5. The van der Waals surface area contributed by atoms with Gasteiger partial charge in [-0.05, 0) is 48.4 Å². The van der Waals surface area contributed by atoms with Gasteiger partial charge in [-0.1, -0.05) is 31.1 Å². The Hall–Kier alpha value is -2.69. The Labute approximate surface area is 227 Å². The van der Waals surface area contributed by atoms with Crippen molar-refractivity contribution in [3.63, 3.8) is 0 Å². The number of aromatic nitrogens is 3. The van der Waals surface area contributed by atoms with Gasteiger partial charge in [-0.25, -0.2) is 14.4 Å². The van der Waals surface area contributed by atoms with Crippen LogP contribution < -0.4 is 15.1 Å². The fraction of sp³-hybridized carbons (Fsp3) is 0.536. The lowest BCUT2D eigenvalue weighted by molar-refractivity contribution is 0.0194. The number of hydrogen-bond acceptors (Lipinski definition) is 8. The minimum absolute atomic E-state index is 0.211. The van der Waals surface area contributed by atoms with Crippen LogP contribution in [0.5, 0.6) is 0 Å². The third-order valence-corrected chi connectivity index (χ3v) is 9.03. The zero-order chi connectivity index (χ0) is 26.8. The molecule has 0 spiro atoms. The molecule has 10 heteroatoms. The summed E-state index contributed by atoms with van der Waals surface area (Å²) in [7, 11) is 1.55. The SMILES string of the molecule is CC[S+]([O-])CC1CN(c2ccc(C(C)C)c3cc(Nc4ccnc(N5CC[C@H](OC)[C@H](F)C5)n4)ncc23)C1. The molecule has 204 valence electrons. The van der Waals surface area contributed by atoms with Crippen molar-refractivity contribution in [2.24, 2.45) is 5.92 Å². The lowest BCUT2D eigenvalue weighted by Gasteiger charge is -2.41. The Kier molecular flexibility index (Phi) is 8.20. The monoisotopic (exact) mass is 540 g/mol. The predicted molar refractivity (Wildman–Crippen MR) is 153 cm³/mol. The first-order valence-corrected chi connectivity index (χ1v) is 14.9. The lowest BCUT2D eigenvalue weighted by Crippen LogP contribution is -2.49. The number of rotatable bonds is 9. The van der Waals surface area contributed by atoms with E-state index in [-0.39, 0.29) is 12.6 Å². The van der Waals surface area contributed by atoms with E-state index in [2.05, 4.69) is 52.2 Å². The molecule has 2 fully saturated rings. The molecule has 8 nitrogen and oxygen atoms in total. The molecule has 1 N–H and O–H groups in total. The largest absolute Gasteiger partial charge is 0.616 e. The maximum atomic E-state index is 14.4. The molecule has 0 aliphatic carbocycles. The molecule has 0 bridgehead atoms. The second-order valence-electron chi connectivity index (χ2n) is 10.5. The van der Waals surface area contributed by atoms with Gasteiger partial charge >= 0.3 is 0 Å². The number of piperidine rings is 1. The van der Waals surface area contributed by atoms with Crippen LogP contribution in [0, 0.1) is 5.92 Å². The molecule has 2 aliphatic rings. The summed E-state index contributed by atoms with van der Waals surface area (Å²) in [4.78, 5) is 18.0. The van der Waals surface area contributed by atoms with E-state index in [1.807, 2.05) is 18.0 Å². The van der Waals surface area contributed by atoms with Gasteiger partial charge in [0.05, 0.1) is 12.6 Å². The summed E-state index contributed by atoms with van der Waals surface area (Å²) >= 11 is -0.729. The molecule has 2 aromatic heterocycles. The number of methoxy groups -OCH3 is 1. The van der Waals surface area contributed by atoms with Crippen LogP contribution in [0.4, 0.5) is 27.7 Å². The van der Waals surface area contributed by atoms with Crippen LogP contribution in [0.3, 0.4) is 0 Å². The maximum Gasteiger partial charge on any atom is 0.227 e. The average molecular weight is 541 g/mol. The highest BCUT2D eigenvalue weighted by Gasteiger charge is 2.32. The van der Waals surface area contributed by atoms with Gasteiger partial charge < -0.3 is 24.4 Å². The van der Waals surface area contributed by atoms with Crippen LogP contribution in [-0.2, 0) is 15.9 Å². The quantitative estimate of drug-likeness (QED) is 0.392. The van der Waals surface area contributed by atoms with E-state index < -0.39 is 17.3 Å². The Morgan fingerprint density at radius 1 is 1.13 bits per heavy atom. The Balaban J connectivity index is 1.36. The van der Waals surface area contributed by atoms with E-state index in [1.54, 1.807) is 19.4 Å². The average Bonchev–Trinajstić information content (AvgIpc) is 2.89. The molecular weight excluding hydrogens is 503 g/mol. The van der Waals surface area contributed by atoms with E-state index in [0.29, 0.717) is 42.4 Å². The Morgan fingerprint density at radius 2 is 1.95 bits per heavy atom. The highest BCUT2D eigenvalue weighted by Crippen LogP contribution is 2.37. The minimum Gasteiger partial charge on any atom is -0.616 e. The summed E-state index contributed by atoms with van der Waals surface area (Å²) in [5.74, 6) is 4.13. The van der Waals surface area contributed by atoms with Gasteiger partial charge in [0, 0.05) is 56.1 Å². The summed E-state index contributed by atoms with van der Waals surface area (Å²) in [5, 5.41) is 5.61. The van der Waals surface area contributed by atoms with Gasteiger partial charge in [0.15, 0.2) is 0 Å². The fourth-order valence-corrected chi connectivity index (χ4v) is 6.35. The Bertz CT molecular complexity index is 1260. The molecule has 1 aromatic carbocycles. The van der Waals surface area contributed by atoms with Crippen molar-refractivity contribution in [1.29, 1.82) is 0 Å². The molecule has 0 saturated carbocycles. The molecule has 0 amide bonds. The standard InChI is InChI=1S/C28H37FN6O2S/c1-5-38(36)17-19-14-35(15-19)24-7-6-20(18(2)3)21-12-27(31-13-22(21)24)32-26-8-10-30-28(33-26)34-11-9-25(37-4)23(29)16-34/h6-8,10,12-13,18-19,23,25H,5,9,11,14-17H2,1-4H3,(H,30,31,32,33)/t23-,25+,38?/m1/s1. The second kappa shape index (κ2) is 11.6. The number of halogens is 1. The van der Waals surface area contributed by atoms with E-state index >= 15 is 0 Å². The third kappa shape index (κ3) is 5.67. The Morgan fingerprint density at radius 3 is 2.66 bits per heavy atom. The number of ether oxygens (including phenoxy) is 1. The molecule has 5 rings (SSSR count). The van der Waals surface area contributed by atoms with E-state index in [1.165, 1.54) is 11.3 Å².